The van der Waals surface area contributed by atoms with Crippen LogP contribution in [-0.2, 0) is 40.0 Å². The quantitative estimate of drug-likeness (QED) is 0.254. The van der Waals surface area contributed by atoms with Gasteiger partial charge in [0.2, 0.25) is 11.8 Å². The SMILES string of the molecule is O=C(CC1CC=CCCC(=O)OCC(C(=O)OCc2ccccc2)NC1=O)NCCOCCO. The summed E-state index contributed by atoms with van der Waals surface area (Å²) in [5.41, 5.74) is 0.773. The van der Waals surface area contributed by atoms with E-state index in [0.717, 1.165) is 5.56 Å². The van der Waals surface area contributed by atoms with Crippen LogP contribution in [0.2, 0.25) is 0 Å². The van der Waals surface area contributed by atoms with Gasteiger partial charge in [-0.05, 0) is 18.4 Å². The van der Waals surface area contributed by atoms with Crippen LogP contribution in [0.3, 0.4) is 0 Å². The third kappa shape index (κ3) is 10.6. The second-order valence-electron chi connectivity index (χ2n) is 7.67. The molecule has 0 radical (unpaired) electrons. The summed E-state index contributed by atoms with van der Waals surface area (Å²) in [5.74, 6) is -2.81. The number of esters is 2. The second-order valence-corrected chi connectivity index (χ2v) is 7.67. The van der Waals surface area contributed by atoms with Crippen molar-refractivity contribution in [3.63, 3.8) is 0 Å². The molecule has 2 amide bonds. The maximum absolute atomic E-state index is 12.9. The van der Waals surface area contributed by atoms with Crippen molar-refractivity contribution in [3.05, 3.63) is 48.0 Å². The summed E-state index contributed by atoms with van der Waals surface area (Å²) in [4.78, 5) is 49.8. The predicted octanol–water partition coefficient (Wildman–Crippen LogP) is 0.629. The van der Waals surface area contributed by atoms with Gasteiger partial charge in [-0.25, -0.2) is 4.79 Å². The Hall–Kier alpha value is -3.24. The molecule has 1 aliphatic rings. The van der Waals surface area contributed by atoms with Gasteiger partial charge < -0.3 is 30.0 Å². The Bertz CT molecular complexity index is 828. The van der Waals surface area contributed by atoms with Gasteiger partial charge in [-0.3, -0.25) is 14.4 Å². The molecule has 0 bridgehead atoms. The van der Waals surface area contributed by atoms with Crippen molar-refractivity contribution in [3.8, 4) is 0 Å². The van der Waals surface area contributed by atoms with E-state index in [9.17, 15) is 19.2 Å². The van der Waals surface area contributed by atoms with Gasteiger partial charge >= 0.3 is 11.9 Å². The van der Waals surface area contributed by atoms with Crippen LogP contribution in [0.1, 0.15) is 31.2 Å². The lowest BCUT2D eigenvalue weighted by atomic mass is 9.98. The molecule has 1 aromatic rings. The Balaban J connectivity index is 2.00. The van der Waals surface area contributed by atoms with Crippen LogP contribution < -0.4 is 10.6 Å². The van der Waals surface area contributed by atoms with Crippen LogP contribution in [0.25, 0.3) is 0 Å². The Morgan fingerprint density at radius 2 is 1.94 bits per heavy atom. The maximum atomic E-state index is 12.9. The molecule has 3 N–H and O–H groups in total. The van der Waals surface area contributed by atoms with Crippen molar-refractivity contribution in [2.24, 2.45) is 5.92 Å². The molecule has 0 saturated heterocycles. The average Bonchev–Trinajstić information content (AvgIpc) is 2.83. The first-order chi connectivity index (χ1) is 16.5. The molecule has 10 nitrogen and oxygen atoms in total. The Kier molecular flexibility index (Phi) is 12.4. The highest BCUT2D eigenvalue weighted by Gasteiger charge is 2.29. The van der Waals surface area contributed by atoms with Crippen molar-refractivity contribution in [2.75, 3.05) is 33.0 Å². The molecule has 10 heteroatoms. The number of rotatable bonds is 10. The van der Waals surface area contributed by atoms with E-state index >= 15 is 0 Å². The molecule has 2 rings (SSSR count). The van der Waals surface area contributed by atoms with Gasteiger partial charge in [0.15, 0.2) is 6.04 Å². The lowest BCUT2D eigenvalue weighted by Gasteiger charge is -2.21. The minimum Gasteiger partial charge on any atom is -0.463 e. The lowest BCUT2D eigenvalue weighted by molar-refractivity contribution is -0.155. The fourth-order valence-electron chi connectivity index (χ4n) is 3.12. The molecule has 0 spiro atoms. The normalized spacial score (nSPS) is 19.2. The monoisotopic (exact) mass is 476 g/mol. The molecule has 1 aliphatic heterocycles. The molecule has 0 aromatic heterocycles. The average molecular weight is 477 g/mol. The van der Waals surface area contributed by atoms with Crippen LogP contribution in [0, 0.1) is 5.92 Å². The van der Waals surface area contributed by atoms with E-state index in [2.05, 4.69) is 10.6 Å². The Morgan fingerprint density at radius 3 is 2.71 bits per heavy atom. The number of allylic oxidation sites excluding steroid dienone is 2. The van der Waals surface area contributed by atoms with Crippen LogP contribution in [0.4, 0.5) is 0 Å². The van der Waals surface area contributed by atoms with Gasteiger partial charge in [0.05, 0.1) is 25.7 Å². The van der Waals surface area contributed by atoms with Crippen LogP contribution in [-0.4, -0.2) is 67.9 Å². The highest BCUT2D eigenvalue weighted by molar-refractivity contribution is 5.89. The number of hydrogen-bond acceptors (Lipinski definition) is 8. The van der Waals surface area contributed by atoms with Crippen LogP contribution >= 0.6 is 0 Å². The smallest absolute Gasteiger partial charge is 0.332 e. The number of carbonyl (C=O) groups excluding carboxylic acids is 4. The minimum atomic E-state index is -1.19. The zero-order valence-electron chi connectivity index (χ0n) is 19.1. The van der Waals surface area contributed by atoms with Crippen molar-refractivity contribution >= 4 is 23.8 Å². The van der Waals surface area contributed by atoms with Crippen molar-refractivity contribution in [1.29, 1.82) is 0 Å². The number of hydrogen-bond donors (Lipinski definition) is 3. The van der Waals surface area contributed by atoms with Gasteiger partial charge in [-0.2, -0.15) is 0 Å². The molecule has 186 valence electrons. The fourth-order valence-corrected chi connectivity index (χ4v) is 3.12. The van der Waals surface area contributed by atoms with Crippen LogP contribution in [0.5, 0.6) is 0 Å². The summed E-state index contributed by atoms with van der Waals surface area (Å²) in [7, 11) is 0. The van der Waals surface area contributed by atoms with E-state index < -0.39 is 29.8 Å². The summed E-state index contributed by atoms with van der Waals surface area (Å²) in [5, 5.41) is 13.9. The summed E-state index contributed by atoms with van der Waals surface area (Å²) >= 11 is 0. The molecule has 0 saturated carbocycles. The van der Waals surface area contributed by atoms with Crippen molar-refractivity contribution < 1.29 is 38.5 Å². The molecule has 2 atom stereocenters. The summed E-state index contributed by atoms with van der Waals surface area (Å²) in [6.07, 6.45) is 4.22. The lowest BCUT2D eigenvalue weighted by Crippen LogP contribution is -2.48. The zero-order chi connectivity index (χ0) is 24.6. The number of benzene rings is 1. The van der Waals surface area contributed by atoms with Gasteiger partial charge in [0.25, 0.3) is 0 Å². The first kappa shape index (κ1) is 27.0. The van der Waals surface area contributed by atoms with Gasteiger partial charge in [-0.15, -0.1) is 0 Å². The largest absolute Gasteiger partial charge is 0.463 e. The fraction of sp³-hybridized carbons (Fsp3) is 0.500. The van der Waals surface area contributed by atoms with E-state index in [0.29, 0.717) is 6.42 Å². The van der Waals surface area contributed by atoms with E-state index in [4.69, 9.17) is 19.3 Å². The van der Waals surface area contributed by atoms with Gasteiger partial charge in [-0.1, -0.05) is 42.5 Å². The van der Waals surface area contributed by atoms with E-state index in [1.807, 2.05) is 18.2 Å². The molecule has 2 unspecified atom stereocenters. The second kappa shape index (κ2) is 15.6. The molecular weight excluding hydrogens is 444 g/mol. The third-order valence-corrected chi connectivity index (χ3v) is 4.95. The Labute approximate surface area is 198 Å². The maximum Gasteiger partial charge on any atom is 0.332 e. The third-order valence-electron chi connectivity index (χ3n) is 4.95. The van der Waals surface area contributed by atoms with Crippen molar-refractivity contribution in [1.82, 2.24) is 10.6 Å². The zero-order valence-corrected chi connectivity index (χ0v) is 19.1. The number of ether oxygens (including phenoxy) is 3. The molecule has 1 heterocycles. The molecule has 1 aromatic carbocycles. The molecule has 0 fully saturated rings. The van der Waals surface area contributed by atoms with E-state index in [-0.39, 0.29) is 64.7 Å². The summed E-state index contributed by atoms with van der Waals surface area (Å²) in [6.45, 7) is 0.206. The summed E-state index contributed by atoms with van der Waals surface area (Å²) < 4.78 is 15.6. The van der Waals surface area contributed by atoms with E-state index in [1.54, 1.807) is 24.3 Å². The number of cyclic esters (lactones) is 1. The molecule has 0 aliphatic carbocycles. The Morgan fingerprint density at radius 1 is 1.15 bits per heavy atom. The molecular formula is C24H32N2O8. The number of amides is 2. The number of nitrogens with one attached hydrogen (secondary N) is 2. The standard InChI is InChI=1S/C24H32N2O8/c27-12-14-32-13-11-25-21(28)15-19-9-5-2-6-10-22(29)33-17-20(26-23(19)30)24(31)34-16-18-7-3-1-4-8-18/h1-5,7-8,19-20,27H,6,9-17H2,(H,25,28)(H,26,30). The highest BCUT2D eigenvalue weighted by Crippen LogP contribution is 2.13. The van der Waals surface area contributed by atoms with Gasteiger partial charge in [0.1, 0.15) is 13.2 Å². The predicted molar refractivity (Wildman–Crippen MR) is 121 cm³/mol. The van der Waals surface area contributed by atoms with Crippen molar-refractivity contribution in [2.45, 2.75) is 38.3 Å². The van der Waals surface area contributed by atoms with Gasteiger partial charge in [0, 0.05) is 19.4 Å². The van der Waals surface area contributed by atoms with Crippen LogP contribution in [0.15, 0.2) is 42.5 Å². The number of aliphatic hydroxyl groups is 1. The first-order valence-corrected chi connectivity index (χ1v) is 11.3. The number of carbonyl (C=O) groups is 4. The topological polar surface area (TPSA) is 140 Å². The minimum absolute atomic E-state index is 0.00686. The first-order valence-electron chi connectivity index (χ1n) is 11.3. The van der Waals surface area contributed by atoms with E-state index in [1.165, 1.54) is 0 Å². The highest BCUT2D eigenvalue weighted by atomic mass is 16.6. The molecule has 34 heavy (non-hydrogen) atoms. The summed E-state index contributed by atoms with van der Waals surface area (Å²) in [6, 6.07) is 7.85. The number of aliphatic hydroxyl groups excluding tert-OH is 1.